The highest BCUT2D eigenvalue weighted by atomic mass is 16.5. The number of rotatable bonds is 6. The fourth-order valence-electron chi connectivity index (χ4n) is 3.61. The molecule has 6 nitrogen and oxygen atoms in total. The first-order chi connectivity index (χ1) is 12.5. The molecule has 6 heteroatoms. The van der Waals surface area contributed by atoms with Gasteiger partial charge in [-0.1, -0.05) is 29.3 Å². The minimum absolute atomic E-state index is 0.0112. The summed E-state index contributed by atoms with van der Waals surface area (Å²) in [5, 5.41) is 0. The van der Waals surface area contributed by atoms with E-state index in [0.717, 1.165) is 25.0 Å². The number of piperazine rings is 1. The van der Waals surface area contributed by atoms with Crippen LogP contribution in [-0.2, 0) is 25.6 Å². The summed E-state index contributed by atoms with van der Waals surface area (Å²) in [6.07, 6.45) is 2.15. The molecule has 2 amide bonds. The Morgan fingerprint density at radius 1 is 1.23 bits per heavy atom. The Kier molecular flexibility index (Phi) is 6.27. The van der Waals surface area contributed by atoms with Gasteiger partial charge in [-0.25, -0.2) is 0 Å². The summed E-state index contributed by atoms with van der Waals surface area (Å²) in [6.45, 7) is 7.21. The van der Waals surface area contributed by atoms with E-state index in [9.17, 15) is 9.59 Å². The molecule has 0 aliphatic carbocycles. The summed E-state index contributed by atoms with van der Waals surface area (Å²) in [5.41, 5.74) is 3.53. The molecular formula is C20H28N2O4. The number of hydrogen-bond acceptors (Lipinski definition) is 4. The molecule has 2 saturated heterocycles. The summed E-state index contributed by atoms with van der Waals surface area (Å²) in [5.74, 6) is -0.134. The molecule has 2 fully saturated rings. The van der Waals surface area contributed by atoms with Crippen molar-refractivity contribution in [2.45, 2.75) is 39.3 Å². The first kappa shape index (κ1) is 18.9. The van der Waals surface area contributed by atoms with Crippen LogP contribution in [0.5, 0.6) is 0 Å². The number of hydrogen-bond donors (Lipinski definition) is 0. The van der Waals surface area contributed by atoms with Crippen molar-refractivity contribution in [3.8, 4) is 0 Å². The normalized spacial score (nSPS) is 20.7. The first-order valence-corrected chi connectivity index (χ1v) is 9.33. The Hall–Kier alpha value is -1.92. The smallest absolute Gasteiger partial charge is 0.249 e. The van der Waals surface area contributed by atoms with E-state index >= 15 is 0 Å². The standard InChI is InChI=1S/C20H28N2O4/c1-15-8-16(2)10-17(9-15)11-21-5-6-22(12-19(21)23)20(24)14-25-13-18-4-3-7-26-18/h8-10,18H,3-7,11-14H2,1-2H3. The Bertz CT molecular complexity index is 635. The second kappa shape index (κ2) is 8.64. The van der Waals surface area contributed by atoms with Crippen LogP contribution >= 0.6 is 0 Å². The zero-order valence-corrected chi connectivity index (χ0v) is 15.7. The Morgan fingerprint density at radius 2 is 2.00 bits per heavy atom. The maximum atomic E-state index is 12.4. The van der Waals surface area contributed by atoms with Crippen LogP contribution in [0.25, 0.3) is 0 Å². The molecule has 0 aromatic heterocycles. The van der Waals surface area contributed by atoms with Crippen molar-refractivity contribution < 1.29 is 19.1 Å². The van der Waals surface area contributed by atoms with Gasteiger partial charge in [-0.2, -0.15) is 0 Å². The number of ether oxygens (including phenoxy) is 2. The summed E-state index contributed by atoms with van der Waals surface area (Å²) in [7, 11) is 0. The van der Waals surface area contributed by atoms with Crippen LogP contribution in [0.15, 0.2) is 18.2 Å². The Labute approximate surface area is 155 Å². The van der Waals surface area contributed by atoms with Crippen LogP contribution in [0, 0.1) is 13.8 Å². The van der Waals surface area contributed by atoms with E-state index in [1.54, 1.807) is 4.90 Å². The van der Waals surface area contributed by atoms with E-state index in [0.29, 0.717) is 26.2 Å². The van der Waals surface area contributed by atoms with Gasteiger partial charge in [-0.3, -0.25) is 9.59 Å². The molecule has 0 N–H and O–H groups in total. The Morgan fingerprint density at radius 3 is 2.65 bits per heavy atom. The van der Waals surface area contributed by atoms with Crippen LogP contribution in [0.4, 0.5) is 0 Å². The molecule has 3 rings (SSSR count). The second-order valence-electron chi connectivity index (χ2n) is 7.28. The van der Waals surface area contributed by atoms with Crippen LogP contribution in [-0.4, -0.2) is 67.2 Å². The molecule has 1 unspecified atom stereocenters. The van der Waals surface area contributed by atoms with Gasteiger partial charge in [-0.15, -0.1) is 0 Å². The van der Waals surface area contributed by atoms with Crippen LogP contribution in [0.2, 0.25) is 0 Å². The van der Waals surface area contributed by atoms with Gasteiger partial charge in [0.25, 0.3) is 0 Å². The van der Waals surface area contributed by atoms with Gasteiger partial charge in [0, 0.05) is 26.2 Å². The SMILES string of the molecule is Cc1cc(C)cc(CN2CCN(C(=O)COCC3CCCO3)CC2=O)c1. The monoisotopic (exact) mass is 360 g/mol. The summed E-state index contributed by atoms with van der Waals surface area (Å²) >= 11 is 0. The highest BCUT2D eigenvalue weighted by Gasteiger charge is 2.27. The molecular weight excluding hydrogens is 332 g/mol. The van der Waals surface area contributed by atoms with Crippen molar-refractivity contribution >= 4 is 11.8 Å². The van der Waals surface area contributed by atoms with E-state index in [-0.39, 0.29) is 31.1 Å². The lowest BCUT2D eigenvalue weighted by Crippen LogP contribution is -2.52. The van der Waals surface area contributed by atoms with Gasteiger partial charge < -0.3 is 19.3 Å². The maximum absolute atomic E-state index is 12.4. The molecule has 0 bridgehead atoms. The highest BCUT2D eigenvalue weighted by Crippen LogP contribution is 2.14. The summed E-state index contributed by atoms with van der Waals surface area (Å²) < 4.78 is 10.9. The summed E-state index contributed by atoms with van der Waals surface area (Å²) in [6, 6.07) is 6.34. The average molecular weight is 360 g/mol. The van der Waals surface area contributed by atoms with E-state index in [1.807, 2.05) is 4.90 Å². The number of carbonyl (C=O) groups excluding carboxylic acids is 2. The lowest BCUT2D eigenvalue weighted by Gasteiger charge is -2.34. The van der Waals surface area contributed by atoms with Gasteiger partial charge in [0.05, 0.1) is 19.3 Å². The number of aryl methyl sites for hydroxylation is 2. The van der Waals surface area contributed by atoms with Gasteiger partial charge in [0.1, 0.15) is 6.61 Å². The topological polar surface area (TPSA) is 59.1 Å². The molecule has 0 saturated carbocycles. The lowest BCUT2D eigenvalue weighted by atomic mass is 10.1. The quantitative estimate of drug-likeness (QED) is 0.774. The zero-order chi connectivity index (χ0) is 18.5. The number of benzene rings is 1. The highest BCUT2D eigenvalue weighted by molar-refractivity contribution is 5.86. The predicted molar refractivity (Wildman–Crippen MR) is 97.7 cm³/mol. The molecule has 0 radical (unpaired) electrons. The first-order valence-electron chi connectivity index (χ1n) is 9.33. The van der Waals surface area contributed by atoms with Crippen LogP contribution < -0.4 is 0 Å². The molecule has 2 aliphatic rings. The van der Waals surface area contributed by atoms with Crippen molar-refractivity contribution in [1.29, 1.82) is 0 Å². The second-order valence-corrected chi connectivity index (χ2v) is 7.28. The molecule has 26 heavy (non-hydrogen) atoms. The third kappa shape index (κ3) is 5.05. The van der Waals surface area contributed by atoms with Crippen molar-refractivity contribution in [2.24, 2.45) is 0 Å². The lowest BCUT2D eigenvalue weighted by molar-refractivity contribution is -0.148. The van der Waals surface area contributed by atoms with Crippen LogP contribution in [0.3, 0.4) is 0 Å². The molecule has 1 aromatic rings. The fraction of sp³-hybridized carbons (Fsp3) is 0.600. The van der Waals surface area contributed by atoms with E-state index < -0.39 is 0 Å². The van der Waals surface area contributed by atoms with Gasteiger partial charge in [0.15, 0.2) is 0 Å². The minimum atomic E-state index is -0.123. The number of amides is 2. The molecule has 142 valence electrons. The van der Waals surface area contributed by atoms with E-state index in [4.69, 9.17) is 9.47 Å². The van der Waals surface area contributed by atoms with Gasteiger partial charge in [-0.05, 0) is 32.3 Å². The predicted octanol–water partition coefficient (Wildman–Crippen LogP) is 1.67. The third-order valence-electron chi connectivity index (χ3n) is 4.88. The third-order valence-corrected chi connectivity index (χ3v) is 4.88. The molecule has 1 aromatic carbocycles. The fourth-order valence-corrected chi connectivity index (χ4v) is 3.61. The Balaban J connectivity index is 1.45. The van der Waals surface area contributed by atoms with E-state index in [2.05, 4.69) is 32.0 Å². The average Bonchev–Trinajstić information content (AvgIpc) is 3.09. The van der Waals surface area contributed by atoms with Crippen molar-refractivity contribution in [1.82, 2.24) is 9.80 Å². The molecule has 1 atom stereocenters. The maximum Gasteiger partial charge on any atom is 0.249 e. The van der Waals surface area contributed by atoms with Crippen LogP contribution in [0.1, 0.15) is 29.5 Å². The van der Waals surface area contributed by atoms with Crippen molar-refractivity contribution in [3.05, 3.63) is 34.9 Å². The minimum Gasteiger partial charge on any atom is -0.376 e. The van der Waals surface area contributed by atoms with Crippen molar-refractivity contribution in [2.75, 3.05) is 39.5 Å². The largest absolute Gasteiger partial charge is 0.376 e. The zero-order valence-electron chi connectivity index (χ0n) is 15.7. The van der Waals surface area contributed by atoms with E-state index in [1.165, 1.54) is 11.1 Å². The number of carbonyl (C=O) groups is 2. The molecule has 2 heterocycles. The van der Waals surface area contributed by atoms with Gasteiger partial charge >= 0.3 is 0 Å². The summed E-state index contributed by atoms with van der Waals surface area (Å²) in [4.78, 5) is 28.1. The van der Waals surface area contributed by atoms with Gasteiger partial charge in [0.2, 0.25) is 11.8 Å². The molecule has 2 aliphatic heterocycles. The van der Waals surface area contributed by atoms with Crippen molar-refractivity contribution in [3.63, 3.8) is 0 Å². The number of nitrogens with zero attached hydrogens (tertiary/aromatic N) is 2. The molecule has 0 spiro atoms.